The molecule has 29 heavy (non-hydrogen) atoms. The Kier molecular flexibility index (Phi) is 6.79. The van der Waals surface area contributed by atoms with Gasteiger partial charge in [-0.15, -0.1) is 0 Å². The lowest BCUT2D eigenvalue weighted by Crippen LogP contribution is -2.18. The highest BCUT2D eigenvalue weighted by Gasteiger charge is 2.33. The summed E-state index contributed by atoms with van der Waals surface area (Å²) in [6, 6.07) is 6.15. The van der Waals surface area contributed by atoms with E-state index in [0.29, 0.717) is 4.91 Å². The van der Waals surface area contributed by atoms with Crippen molar-refractivity contribution in [3.63, 3.8) is 0 Å². The van der Waals surface area contributed by atoms with E-state index >= 15 is 0 Å². The van der Waals surface area contributed by atoms with Crippen LogP contribution in [0.25, 0.3) is 6.08 Å². The third-order valence-electron chi connectivity index (χ3n) is 4.86. The highest BCUT2D eigenvalue weighted by molar-refractivity contribution is 8.18. The minimum absolute atomic E-state index is 0.0460. The van der Waals surface area contributed by atoms with Crippen molar-refractivity contribution in [1.29, 1.82) is 0 Å². The highest BCUT2D eigenvalue weighted by atomic mass is 32.2. The molecule has 1 aromatic carbocycles. The molecular weight excluding hydrogens is 388 g/mol. The molecule has 7 heteroatoms. The van der Waals surface area contributed by atoms with Crippen LogP contribution in [0.2, 0.25) is 0 Å². The Labute approximate surface area is 175 Å². The van der Waals surface area contributed by atoms with Gasteiger partial charge in [-0.1, -0.05) is 24.8 Å². The summed E-state index contributed by atoms with van der Waals surface area (Å²) < 4.78 is 5.04. The molecule has 0 spiro atoms. The van der Waals surface area contributed by atoms with Crippen LogP contribution >= 0.6 is 11.8 Å². The van der Waals surface area contributed by atoms with Gasteiger partial charge in [0, 0.05) is 25.2 Å². The second-order valence-corrected chi connectivity index (χ2v) is 7.99. The van der Waals surface area contributed by atoms with E-state index in [2.05, 4.69) is 28.9 Å². The molecule has 2 aliphatic rings. The van der Waals surface area contributed by atoms with E-state index in [0.717, 1.165) is 36.0 Å². The molecule has 1 amide bonds. The molecule has 3 rings (SSSR count). The van der Waals surface area contributed by atoms with Gasteiger partial charge < -0.3 is 14.7 Å². The number of rotatable bonds is 5. The van der Waals surface area contributed by atoms with Gasteiger partial charge in [0.05, 0.1) is 11.5 Å². The number of aryl methyl sites for hydroxylation is 1. The lowest BCUT2D eigenvalue weighted by atomic mass is 10.1. The van der Waals surface area contributed by atoms with Crippen molar-refractivity contribution in [2.45, 2.75) is 40.0 Å². The maximum atomic E-state index is 12.3. The molecule has 0 unspecified atom stereocenters. The zero-order valence-corrected chi connectivity index (χ0v) is 17.8. The Balaban J connectivity index is 1.94. The van der Waals surface area contributed by atoms with Crippen LogP contribution in [0.3, 0.4) is 0 Å². The summed E-state index contributed by atoms with van der Waals surface area (Å²) in [5.41, 5.74) is 3.25. The number of aliphatic imine (C=N–C) groups is 1. The molecule has 154 valence electrons. The van der Waals surface area contributed by atoms with E-state index in [1.165, 1.54) is 18.5 Å². The van der Waals surface area contributed by atoms with Crippen LogP contribution < -0.4 is 4.90 Å². The van der Waals surface area contributed by atoms with Crippen LogP contribution in [0.15, 0.2) is 39.4 Å². The molecule has 0 atom stereocenters. The Bertz CT molecular complexity index is 911. The monoisotopic (exact) mass is 414 g/mol. The largest absolute Gasteiger partial charge is 0.506 e. The fourth-order valence-corrected chi connectivity index (χ4v) is 4.45. The number of carbonyl (C=O) groups excluding carboxylic acids is 2. The van der Waals surface area contributed by atoms with Crippen LogP contribution in [0.4, 0.5) is 5.69 Å². The zero-order chi connectivity index (χ0) is 21.0. The van der Waals surface area contributed by atoms with E-state index in [1.54, 1.807) is 19.9 Å². The molecule has 0 aliphatic carbocycles. The fourth-order valence-electron chi connectivity index (χ4n) is 3.42. The van der Waals surface area contributed by atoms with Gasteiger partial charge in [-0.3, -0.25) is 4.79 Å². The Morgan fingerprint density at radius 1 is 1.28 bits per heavy atom. The number of anilines is 1. The minimum atomic E-state index is -0.677. The topological polar surface area (TPSA) is 79.2 Å². The SMILES string of the molecule is CCOC(=O)C1=C(O)/C(=C/c2ccc(N3CCCC3)c(C)c2)SC1=NC(=O)CC. The molecule has 0 bridgehead atoms. The third-order valence-corrected chi connectivity index (χ3v) is 5.88. The molecule has 1 N–H and O–H groups in total. The van der Waals surface area contributed by atoms with Crippen LogP contribution in [0, 0.1) is 6.92 Å². The first kappa shape index (κ1) is 21.2. The second kappa shape index (κ2) is 9.31. The van der Waals surface area contributed by atoms with Gasteiger partial charge in [0.15, 0.2) is 0 Å². The first-order valence-electron chi connectivity index (χ1n) is 9.92. The molecular formula is C22H26N2O4S. The summed E-state index contributed by atoms with van der Waals surface area (Å²) in [7, 11) is 0. The Hall–Kier alpha value is -2.54. The van der Waals surface area contributed by atoms with E-state index in [1.807, 2.05) is 6.07 Å². The number of aliphatic hydroxyl groups is 1. The predicted octanol–water partition coefficient (Wildman–Crippen LogP) is 4.39. The summed E-state index contributed by atoms with van der Waals surface area (Å²) in [6.45, 7) is 7.79. The van der Waals surface area contributed by atoms with Gasteiger partial charge in [0.2, 0.25) is 5.91 Å². The number of nitrogens with zero attached hydrogens (tertiary/aromatic N) is 2. The predicted molar refractivity (Wildman–Crippen MR) is 117 cm³/mol. The second-order valence-electron chi connectivity index (χ2n) is 6.96. The highest BCUT2D eigenvalue weighted by Crippen LogP contribution is 2.39. The number of benzene rings is 1. The normalized spacial score (nSPS) is 19.5. The average molecular weight is 415 g/mol. The number of thioether (sulfide) groups is 1. The summed E-state index contributed by atoms with van der Waals surface area (Å²) in [4.78, 5) is 30.9. The first-order chi connectivity index (χ1) is 13.9. The van der Waals surface area contributed by atoms with Gasteiger partial charge in [-0.25, -0.2) is 9.79 Å². The van der Waals surface area contributed by atoms with E-state index < -0.39 is 5.97 Å². The van der Waals surface area contributed by atoms with Crippen molar-refractivity contribution in [1.82, 2.24) is 0 Å². The summed E-state index contributed by atoms with van der Waals surface area (Å²) >= 11 is 1.11. The molecule has 0 aromatic heterocycles. The van der Waals surface area contributed by atoms with Crippen molar-refractivity contribution < 1.29 is 19.4 Å². The van der Waals surface area contributed by atoms with Crippen molar-refractivity contribution in [3.05, 3.63) is 45.6 Å². The molecule has 1 fully saturated rings. The van der Waals surface area contributed by atoms with Gasteiger partial charge in [-0.05, 0) is 56.0 Å². The first-order valence-corrected chi connectivity index (χ1v) is 10.7. The van der Waals surface area contributed by atoms with E-state index in [9.17, 15) is 14.7 Å². The van der Waals surface area contributed by atoms with Gasteiger partial charge >= 0.3 is 5.97 Å². The number of carbonyl (C=O) groups is 2. The van der Waals surface area contributed by atoms with E-state index in [4.69, 9.17) is 4.74 Å². The minimum Gasteiger partial charge on any atom is -0.506 e. The maximum absolute atomic E-state index is 12.3. The third kappa shape index (κ3) is 4.72. The number of aliphatic hydroxyl groups excluding tert-OH is 1. The molecule has 2 heterocycles. The zero-order valence-electron chi connectivity index (χ0n) is 17.0. The quantitative estimate of drug-likeness (QED) is 0.720. The summed E-state index contributed by atoms with van der Waals surface area (Å²) in [5, 5.41) is 10.8. The van der Waals surface area contributed by atoms with Gasteiger partial charge in [0.25, 0.3) is 0 Å². The van der Waals surface area contributed by atoms with E-state index in [-0.39, 0.29) is 35.3 Å². The molecule has 2 aliphatic heterocycles. The summed E-state index contributed by atoms with van der Waals surface area (Å²) in [5.74, 6) is -1.23. The van der Waals surface area contributed by atoms with Crippen molar-refractivity contribution >= 4 is 40.4 Å². The Morgan fingerprint density at radius 3 is 2.62 bits per heavy atom. The number of amides is 1. The lowest BCUT2D eigenvalue weighted by Gasteiger charge is -2.20. The Morgan fingerprint density at radius 2 is 2.00 bits per heavy atom. The fraction of sp³-hybridized carbons (Fsp3) is 0.409. The van der Waals surface area contributed by atoms with Crippen LogP contribution in [-0.2, 0) is 14.3 Å². The number of ether oxygens (including phenoxy) is 1. The maximum Gasteiger partial charge on any atom is 0.344 e. The molecule has 6 nitrogen and oxygen atoms in total. The molecule has 0 saturated carbocycles. The van der Waals surface area contributed by atoms with Crippen molar-refractivity contribution in [3.8, 4) is 0 Å². The van der Waals surface area contributed by atoms with Gasteiger partial charge in [-0.2, -0.15) is 0 Å². The van der Waals surface area contributed by atoms with Crippen LogP contribution in [0.5, 0.6) is 0 Å². The number of hydrogen-bond donors (Lipinski definition) is 1. The molecule has 1 aromatic rings. The molecule has 1 saturated heterocycles. The summed E-state index contributed by atoms with van der Waals surface area (Å²) in [6.07, 6.45) is 4.46. The van der Waals surface area contributed by atoms with Crippen LogP contribution in [0.1, 0.15) is 44.2 Å². The molecule has 0 radical (unpaired) electrons. The number of hydrogen-bond acceptors (Lipinski definition) is 6. The number of esters is 1. The van der Waals surface area contributed by atoms with Crippen molar-refractivity contribution in [2.75, 3.05) is 24.6 Å². The standard InChI is InChI=1S/C22H26N2O4S/c1-4-18(25)23-21-19(22(27)28-5-2)20(26)17(29-21)13-15-8-9-16(14(3)12-15)24-10-6-7-11-24/h8-9,12-13,26H,4-7,10-11H2,1-3H3/b17-13-,23-21?. The van der Waals surface area contributed by atoms with Crippen molar-refractivity contribution in [2.24, 2.45) is 4.99 Å². The van der Waals surface area contributed by atoms with Gasteiger partial charge in [0.1, 0.15) is 16.4 Å². The average Bonchev–Trinajstić information content (AvgIpc) is 3.31. The smallest absolute Gasteiger partial charge is 0.344 e. The lowest BCUT2D eigenvalue weighted by molar-refractivity contribution is -0.138. The van der Waals surface area contributed by atoms with Crippen LogP contribution in [-0.4, -0.2) is 41.7 Å².